The second-order valence-corrected chi connectivity index (χ2v) is 9.12. The molecule has 0 saturated carbocycles. The van der Waals surface area contributed by atoms with E-state index in [0.717, 1.165) is 6.42 Å². The van der Waals surface area contributed by atoms with Crippen LogP contribution in [0.1, 0.15) is 41.6 Å². The van der Waals surface area contributed by atoms with Crippen LogP contribution in [-0.2, 0) is 17.8 Å². The van der Waals surface area contributed by atoms with E-state index in [1.165, 1.54) is 17.3 Å². The van der Waals surface area contributed by atoms with Crippen molar-refractivity contribution >= 4 is 23.6 Å². The number of carbonyl (C=O) groups excluding carboxylic acids is 2. The van der Waals surface area contributed by atoms with E-state index in [1.54, 1.807) is 18.2 Å². The molecule has 0 aliphatic rings. The molecule has 0 aliphatic heterocycles. The van der Waals surface area contributed by atoms with E-state index in [1.807, 2.05) is 66.9 Å². The van der Waals surface area contributed by atoms with Crippen molar-refractivity contribution in [3.05, 3.63) is 90.3 Å². The molecule has 34 heavy (non-hydrogen) atoms. The highest BCUT2D eigenvalue weighted by molar-refractivity contribution is 7.99. The maximum Gasteiger partial charge on any atom is 0.251 e. The third-order valence-corrected chi connectivity index (χ3v) is 6.20. The molecule has 1 heterocycles. The first-order valence-corrected chi connectivity index (χ1v) is 12.3. The van der Waals surface area contributed by atoms with Gasteiger partial charge in [0.05, 0.1) is 11.8 Å². The Morgan fingerprint density at radius 3 is 2.38 bits per heavy atom. The fourth-order valence-corrected chi connectivity index (χ4v) is 4.24. The summed E-state index contributed by atoms with van der Waals surface area (Å²) < 4.78 is 1.91. The number of nitrogens with one attached hydrogen (secondary N) is 2. The highest BCUT2D eigenvalue weighted by atomic mass is 32.2. The van der Waals surface area contributed by atoms with Gasteiger partial charge in [0.1, 0.15) is 0 Å². The van der Waals surface area contributed by atoms with Gasteiger partial charge < -0.3 is 15.2 Å². The van der Waals surface area contributed by atoms with E-state index in [0.29, 0.717) is 29.6 Å². The lowest BCUT2D eigenvalue weighted by Crippen LogP contribution is -2.33. The summed E-state index contributed by atoms with van der Waals surface area (Å²) in [5, 5.41) is 15.3. The fraction of sp³-hybridized carbons (Fsp3) is 0.308. The number of aromatic nitrogens is 3. The Balaban J connectivity index is 1.64. The highest BCUT2D eigenvalue weighted by Gasteiger charge is 2.26. The van der Waals surface area contributed by atoms with Crippen LogP contribution < -0.4 is 10.6 Å². The molecule has 0 unspecified atom stereocenters. The van der Waals surface area contributed by atoms with Crippen molar-refractivity contribution in [2.24, 2.45) is 5.92 Å². The van der Waals surface area contributed by atoms with Gasteiger partial charge in [-0.25, -0.2) is 0 Å². The first kappa shape index (κ1) is 25.2. The van der Waals surface area contributed by atoms with Crippen molar-refractivity contribution in [2.75, 3.05) is 12.3 Å². The van der Waals surface area contributed by atoms with Gasteiger partial charge in [0.25, 0.3) is 5.91 Å². The smallest absolute Gasteiger partial charge is 0.251 e. The molecule has 1 aromatic heterocycles. The average molecular weight is 478 g/mol. The maximum absolute atomic E-state index is 12.8. The van der Waals surface area contributed by atoms with Crippen LogP contribution in [0.15, 0.2) is 78.5 Å². The zero-order valence-corrected chi connectivity index (χ0v) is 20.4. The van der Waals surface area contributed by atoms with Crippen LogP contribution in [-0.4, -0.2) is 38.9 Å². The monoisotopic (exact) mass is 477 g/mol. The largest absolute Gasteiger partial charge is 0.355 e. The standard InChI is InChI=1S/C26H31N5O2S/c1-4-17-31-24(23(19(2)3)28-25(33)21-13-9-6-10-14-21)29-30-26(31)34-18-22(32)27-16-15-20-11-7-5-8-12-20/h4-14,19,23H,1,15-18H2,2-3H3,(H,27,32)(H,28,33)/t23-/m1/s1. The SMILES string of the molecule is C=CCn1c(SCC(=O)NCCc2ccccc2)nnc1[C@H](NC(=O)c1ccccc1)C(C)C. The lowest BCUT2D eigenvalue weighted by molar-refractivity contribution is -0.118. The van der Waals surface area contributed by atoms with Crippen LogP contribution in [0, 0.1) is 5.92 Å². The predicted octanol–water partition coefficient (Wildman–Crippen LogP) is 4.04. The Morgan fingerprint density at radius 2 is 1.74 bits per heavy atom. The maximum atomic E-state index is 12.8. The topological polar surface area (TPSA) is 88.9 Å². The fourth-order valence-electron chi connectivity index (χ4n) is 3.45. The number of thioether (sulfide) groups is 1. The molecule has 3 aromatic rings. The van der Waals surface area contributed by atoms with Crippen LogP contribution in [0.4, 0.5) is 0 Å². The van der Waals surface area contributed by atoms with Gasteiger partial charge in [-0.3, -0.25) is 9.59 Å². The molecule has 2 aromatic carbocycles. The molecule has 2 N–H and O–H groups in total. The molecule has 2 amide bonds. The second-order valence-electron chi connectivity index (χ2n) is 8.18. The molecule has 7 nitrogen and oxygen atoms in total. The van der Waals surface area contributed by atoms with E-state index in [9.17, 15) is 9.59 Å². The van der Waals surface area contributed by atoms with Gasteiger partial charge in [-0.15, -0.1) is 16.8 Å². The predicted molar refractivity (Wildman–Crippen MR) is 136 cm³/mol. The van der Waals surface area contributed by atoms with E-state index in [4.69, 9.17) is 0 Å². The molecule has 0 aliphatic carbocycles. The third-order valence-electron chi connectivity index (χ3n) is 5.24. The van der Waals surface area contributed by atoms with Crippen molar-refractivity contribution in [2.45, 2.75) is 38.0 Å². The van der Waals surface area contributed by atoms with Crippen molar-refractivity contribution in [1.29, 1.82) is 0 Å². The highest BCUT2D eigenvalue weighted by Crippen LogP contribution is 2.25. The number of benzene rings is 2. The first-order valence-electron chi connectivity index (χ1n) is 11.3. The van der Waals surface area contributed by atoms with Crippen LogP contribution in [0.5, 0.6) is 0 Å². The summed E-state index contributed by atoms with van der Waals surface area (Å²) in [4.78, 5) is 25.1. The van der Waals surface area contributed by atoms with Crippen molar-refractivity contribution < 1.29 is 9.59 Å². The number of amides is 2. The van der Waals surface area contributed by atoms with E-state index >= 15 is 0 Å². The summed E-state index contributed by atoms with van der Waals surface area (Å²) in [6.07, 6.45) is 2.54. The van der Waals surface area contributed by atoms with Crippen molar-refractivity contribution in [1.82, 2.24) is 25.4 Å². The van der Waals surface area contributed by atoms with Crippen molar-refractivity contribution in [3.63, 3.8) is 0 Å². The lowest BCUT2D eigenvalue weighted by Gasteiger charge is -2.22. The molecule has 3 rings (SSSR count). The number of rotatable bonds is 12. The normalized spacial score (nSPS) is 11.7. The van der Waals surface area contributed by atoms with Gasteiger partial charge in [-0.1, -0.05) is 80.2 Å². The summed E-state index contributed by atoms with van der Waals surface area (Å²) in [7, 11) is 0. The minimum Gasteiger partial charge on any atom is -0.355 e. The van der Waals surface area contributed by atoms with Gasteiger partial charge in [-0.2, -0.15) is 0 Å². The molecule has 1 atom stereocenters. The molecule has 8 heteroatoms. The molecular formula is C26H31N5O2S. The Hall–Kier alpha value is -3.39. The molecule has 0 bridgehead atoms. The van der Waals surface area contributed by atoms with Crippen LogP contribution in [0.3, 0.4) is 0 Å². The Labute approximate surface area is 205 Å². The molecule has 0 fully saturated rings. The van der Waals surface area contributed by atoms with E-state index in [-0.39, 0.29) is 29.5 Å². The molecule has 0 radical (unpaired) electrons. The van der Waals surface area contributed by atoms with Gasteiger partial charge in [0.2, 0.25) is 5.91 Å². The van der Waals surface area contributed by atoms with E-state index in [2.05, 4.69) is 27.4 Å². The van der Waals surface area contributed by atoms with Crippen LogP contribution in [0.25, 0.3) is 0 Å². The summed E-state index contributed by atoms with van der Waals surface area (Å²) in [5.41, 5.74) is 1.77. The van der Waals surface area contributed by atoms with E-state index < -0.39 is 0 Å². The van der Waals surface area contributed by atoms with Gasteiger partial charge in [0.15, 0.2) is 11.0 Å². The number of allylic oxidation sites excluding steroid dienone is 1. The average Bonchev–Trinajstić information content (AvgIpc) is 3.24. The Morgan fingerprint density at radius 1 is 1.06 bits per heavy atom. The molecule has 178 valence electrons. The van der Waals surface area contributed by atoms with Gasteiger partial charge >= 0.3 is 0 Å². The molecular weight excluding hydrogens is 446 g/mol. The second kappa shape index (κ2) is 12.7. The van der Waals surface area contributed by atoms with Crippen LogP contribution in [0.2, 0.25) is 0 Å². The number of carbonyl (C=O) groups is 2. The number of hydrogen-bond acceptors (Lipinski definition) is 5. The minimum absolute atomic E-state index is 0.0616. The summed E-state index contributed by atoms with van der Waals surface area (Å²) in [6.45, 7) is 8.95. The number of hydrogen-bond donors (Lipinski definition) is 2. The summed E-state index contributed by atoms with van der Waals surface area (Å²) in [6, 6.07) is 18.8. The van der Waals surface area contributed by atoms with Gasteiger partial charge in [0, 0.05) is 18.7 Å². The zero-order valence-electron chi connectivity index (χ0n) is 19.6. The number of nitrogens with zero attached hydrogens (tertiary/aromatic N) is 3. The Bertz CT molecular complexity index is 1080. The van der Waals surface area contributed by atoms with Gasteiger partial charge in [-0.05, 0) is 30.0 Å². The summed E-state index contributed by atoms with van der Waals surface area (Å²) >= 11 is 1.32. The first-order chi connectivity index (χ1) is 16.5. The zero-order chi connectivity index (χ0) is 24.3. The molecule has 0 spiro atoms. The summed E-state index contributed by atoms with van der Waals surface area (Å²) in [5.74, 6) is 0.728. The quantitative estimate of drug-likeness (QED) is 0.304. The Kier molecular flexibility index (Phi) is 9.46. The lowest BCUT2D eigenvalue weighted by atomic mass is 10.0. The minimum atomic E-state index is -0.339. The molecule has 0 saturated heterocycles. The third kappa shape index (κ3) is 7.05. The van der Waals surface area contributed by atoms with Crippen LogP contribution >= 0.6 is 11.8 Å². The van der Waals surface area contributed by atoms with Crippen molar-refractivity contribution in [3.8, 4) is 0 Å².